The second kappa shape index (κ2) is 7.24. The number of nitrogens with one attached hydrogen (secondary N) is 2. The highest BCUT2D eigenvalue weighted by Gasteiger charge is 2.23. The van der Waals surface area contributed by atoms with Crippen molar-refractivity contribution in [2.45, 2.75) is 31.8 Å². The molecule has 0 aromatic carbocycles. The first-order valence-electron chi connectivity index (χ1n) is 8.06. The number of aryl methyl sites for hydroxylation is 1. The van der Waals surface area contributed by atoms with Gasteiger partial charge in [0.15, 0.2) is 5.82 Å². The Bertz CT molecular complexity index is 665. The number of hydrogen-bond donors (Lipinski definition) is 2. The highest BCUT2D eigenvalue weighted by molar-refractivity contribution is 5.74. The average molecular weight is 330 g/mol. The molecule has 9 heteroatoms. The molecule has 0 saturated carbocycles. The molecule has 2 N–H and O–H groups in total. The van der Waals surface area contributed by atoms with Crippen LogP contribution in [0.3, 0.4) is 0 Å². The largest absolute Gasteiger partial charge is 0.341 e. The van der Waals surface area contributed by atoms with Crippen LogP contribution in [0.4, 0.5) is 10.7 Å². The van der Waals surface area contributed by atoms with Crippen LogP contribution in [0.15, 0.2) is 24.8 Å². The van der Waals surface area contributed by atoms with Crippen LogP contribution in [0.2, 0.25) is 0 Å². The van der Waals surface area contributed by atoms with Gasteiger partial charge in [0.1, 0.15) is 6.33 Å². The summed E-state index contributed by atoms with van der Waals surface area (Å²) in [5.41, 5.74) is 0. The summed E-state index contributed by atoms with van der Waals surface area (Å²) < 4.78 is 1.79. The molecule has 24 heavy (non-hydrogen) atoms. The summed E-state index contributed by atoms with van der Waals surface area (Å²) in [6.07, 6.45) is 6.84. The fraction of sp³-hybridized carbons (Fsp3) is 0.533. The van der Waals surface area contributed by atoms with Gasteiger partial charge in [-0.3, -0.25) is 0 Å². The van der Waals surface area contributed by atoms with E-state index in [1.807, 2.05) is 14.0 Å². The van der Waals surface area contributed by atoms with Gasteiger partial charge >= 0.3 is 6.03 Å². The minimum Gasteiger partial charge on any atom is -0.341 e. The lowest BCUT2D eigenvalue weighted by Gasteiger charge is -2.32. The van der Waals surface area contributed by atoms with Gasteiger partial charge in [0.05, 0.1) is 6.04 Å². The van der Waals surface area contributed by atoms with Crippen molar-refractivity contribution in [1.82, 2.24) is 35.4 Å². The second-order valence-corrected chi connectivity index (χ2v) is 5.95. The van der Waals surface area contributed by atoms with Crippen LogP contribution in [-0.2, 0) is 7.05 Å². The average Bonchev–Trinajstić information content (AvgIpc) is 3.02. The van der Waals surface area contributed by atoms with Crippen molar-refractivity contribution in [1.29, 1.82) is 0 Å². The Morgan fingerprint density at radius 2 is 2.00 bits per heavy atom. The summed E-state index contributed by atoms with van der Waals surface area (Å²) in [4.78, 5) is 22.8. The monoisotopic (exact) mass is 330 g/mol. The normalized spacial score (nSPS) is 16.7. The Hall–Kier alpha value is -2.71. The summed E-state index contributed by atoms with van der Waals surface area (Å²) in [6.45, 7) is 3.54. The Labute approximate surface area is 140 Å². The van der Waals surface area contributed by atoms with Crippen LogP contribution < -0.4 is 15.5 Å². The lowest BCUT2D eigenvalue weighted by Crippen LogP contribution is -2.48. The number of aromatic nitrogens is 5. The van der Waals surface area contributed by atoms with Crippen LogP contribution >= 0.6 is 0 Å². The van der Waals surface area contributed by atoms with Crippen LogP contribution in [0.1, 0.15) is 31.6 Å². The van der Waals surface area contributed by atoms with Gasteiger partial charge < -0.3 is 20.1 Å². The number of nitrogens with zero attached hydrogens (tertiary/aromatic N) is 6. The summed E-state index contributed by atoms with van der Waals surface area (Å²) in [5, 5.41) is 13.8. The standard InChI is InChI=1S/C15H22N8O/c1-11(13-21-18-10-22(13)2)19-15(24)20-12-4-8-23(9-5-12)14-16-6-3-7-17-14/h3,6-7,10-12H,4-5,8-9H2,1-2H3,(H2,19,20,24). The molecule has 9 nitrogen and oxygen atoms in total. The smallest absolute Gasteiger partial charge is 0.315 e. The predicted octanol–water partition coefficient (Wildman–Crippen LogP) is 0.634. The van der Waals surface area contributed by atoms with Crippen molar-refractivity contribution in [3.8, 4) is 0 Å². The third kappa shape index (κ3) is 3.79. The molecule has 1 saturated heterocycles. The molecule has 1 aliphatic heterocycles. The minimum atomic E-state index is -0.199. The van der Waals surface area contributed by atoms with E-state index in [-0.39, 0.29) is 18.1 Å². The van der Waals surface area contributed by atoms with E-state index < -0.39 is 0 Å². The maximum absolute atomic E-state index is 12.2. The number of carbonyl (C=O) groups is 1. The van der Waals surface area contributed by atoms with Gasteiger partial charge in [-0.15, -0.1) is 10.2 Å². The highest BCUT2D eigenvalue weighted by atomic mass is 16.2. The van der Waals surface area contributed by atoms with E-state index >= 15 is 0 Å². The van der Waals surface area contributed by atoms with Gasteiger partial charge in [-0.25, -0.2) is 14.8 Å². The minimum absolute atomic E-state index is 0.150. The Morgan fingerprint density at radius 3 is 2.62 bits per heavy atom. The molecule has 0 aliphatic carbocycles. The molecular weight excluding hydrogens is 308 g/mol. The van der Waals surface area contributed by atoms with E-state index in [1.54, 1.807) is 29.4 Å². The first-order valence-corrected chi connectivity index (χ1v) is 8.06. The molecule has 2 aromatic heterocycles. The molecule has 1 unspecified atom stereocenters. The van der Waals surface area contributed by atoms with Crippen LogP contribution in [0.25, 0.3) is 0 Å². The lowest BCUT2D eigenvalue weighted by atomic mass is 10.1. The fourth-order valence-corrected chi connectivity index (χ4v) is 2.85. The van der Waals surface area contributed by atoms with Gasteiger partial charge in [-0.05, 0) is 25.8 Å². The molecule has 0 bridgehead atoms. The van der Waals surface area contributed by atoms with Gasteiger partial charge in [0, 0.05) is 38.6 Å². The van der Waals surface area contributed by atoms with Gasteiger partial charge in [-0.1, -0.05) is 0 Å². The Kier molecular flexibility index (Phi) is 4.88. The second-order valence-electron chi connectivity index (χ2n) is 5.95. The summed E-state index contributed by atoms with van der Waals surface area (Å²) in [5.74, 6) is 1.47. The zero-order valence-electron chi connectivity index (χ0n) is 13.9. The zero-order valence-corrected chi connectivity index (χ0v) is 13.9. The van der Waals surface area contributed by atoms with E-state index in [2.05, 4.69) is 35.7 Å². The van der Waals surface area contributed by atoms with Crippen molar-refractivity contribution < 1.29 is 4.79 Å². The number of amides is 2. The van der Waals surface area contributed by atoms with E-state index in [9.17, 15) is 4.79 Å². The fourth-order valence-electron chi connectivity index (χ4n) is 2.85. The zero-order chi connectivity index (χ0) is 16.9. The summed E-state index contributed by atoms with van der Waals surface area (Å²) >= 11 is 0. The first kappa shape index (κ1) is 16.2. The van der Waals surface area contributed by atoms with Crippen LogP contribution in [0.5, 0.6) is 0 Å². The number of urea groups is 1. The maximum atomic E-state index is 12.2. The molecule has 0 radical (unpaired) electrons. The Balaban J connectivity index is 1.46. The van der Waals surface area contributed by atoms with Gasteiger partial charge in [0.2, 0.25) is 5.95 Å². The number of hydrogen-bond acceptors (Lipinski definition) is 6. The molecule has 1 fully saturated rings. The molecule has 2 aromatic rings. The topological polar surface area (TPSA) is 101 Å². The van der Waals surface area contributed by atoms with Crippen LogP contribution in [-0.4, -0.2) is 49.9 Å². The van der Waals surface area contributed by atoms with E-state index in [4.69, 9.17) is 0 Å². The molecule has 3 rings (SSSR count). The van der Waals surface area contributed by atoms with E-state index in [0.29, 0.717) is 0 Å². The number of piperidine rings is 1. The molecule has 0 spiro atoms. The van der Waals surface area contributed by atoms with Crippen molar-refractivity contribution in [3.05, 3.63) is 30.6 Å². The summed E-state index contributed by atoms with van der Waals surface area (Å²) in [7, 11) is 1.85. The quantitative estimate of drug-likeness (QED) is 0.853. The molecule has 2 amide bonds. The SMILES string of the molecule is CC(NC(=O)NC1CCN(c2ncccn2)CC1)c1nncn1C. The first-order chi connectivity index (χ1) is 11.6. The van der Waals surface area contributed by atoms with E-state index in [0.717, 1.165) is 37.7 Å². The summed E-state index contributed by atoms with van der Waals surface area (Å²) in [6, 6.07) is 1.58. The Morgan fingerprint density at radius 1 is 1.29 bits per heavy atom. The number of carbonyl (C=O) groups excluding carboxylic acids is 1. The van der Waals surface area contributed by atoms with Crippen molar-refractivity contribution in [2.24, 2.45) is 7.05 Å². The maximum Gasteiger partial charge on any atom is 0.315 e. The molecule has 128 valence electrons. The predicted molar refractivity (Wildman–Crippen MR) is 88.4 cm³/mol. The van der Waals surface area contributed by atoms with Crippen molar-refractivity contribution >= 4 is 12.0 Å². The highest BCUT2D eigenvalue weighted by Crippen LogP contribution is 2.15. The third-order valence-corrected chi connectivity index (χ3v) is 4.15. The molecule has 1 atom stereocenters. The van der Waals surface area contributed by atoms with Crippen molar-refractivity contribution in [3.63, 3.8) is 0 Å². The van der Waals surface area contributed by atoms with Crippen molar-refractivity contribution in [2.75, 3.05) is 18.0 Å². The number of anilines is 1. The molecular formula is C15H22N8O. The molecule has 3 heterocycles. The van der Waals surface area contributed by atoms with E-state index in [1.165, 1.54) is 0 Å². The third-order valence-electron chi connectivity index (χ3n) is 4.15. The van der Waals surface area contributed by atoms with Gasteiger partial charge in [0.25, 0.3) is 0 Å². The lowest BCUT2D eigenvalue weighted by molar-refractivity contribution is 0.230. The molecule has 1 aliphatic rings. The van der Waals surface area contributed by atoms with Gasteiger partial charge in [-0.2, -0.15) is 0 Å². The number of rotatable bonds is 4. The van der Waals surface area contributed by atoms with Crippen LogP contribution in [0, 0.1) is 0 Å².